The number of hydrogen-bond donors (Lipinski definition) is 1. The summed E-state index contributed by atoms with van der Waals surface area (Å²) in [5, 5.41) is 0. The minimum absolute atomic E-state index is 0.0323. The van der Waals surface area contributed by atoms with E-state index in [-0.39, 0.29) is 5.75 Å². The molecule has 0 aliphatic carbocycles. The fourth-order valence-electron chi connectivity index (χ4n) is 2.76. The van der Waals surface area contributed by atoms with E-state index in [4.69, 9.17) is 0 Å². The Hall–Kier alpha value is -2.93. The van der Waals surface area contributed by atoms with E-state index in [2.05, 4.69) is 14.7 Å². The standard InChI is InChI=1S/C21H24N4O2S/c1-25(15-11-19-9-13-22-14-10-19)21-8-7-20(17-23-21)24-28(26,27)16-12-18-5-3-2-4-6-18/h2-10,13-14,17,24H,11-12,15-16H2,1H3. The normalized spacial score (nSPS) is 11.2. The molecule has 3 rings (SSSR count). The lowest BCUT2D eigenvalue weighted by atomic mass is 10.2. The van der Waals surface area contributed by atoms with E-state index in [1.165, 1.54) is 5.56 Å². The molecule has 2 aromatic heterocycles. The van der Waals surface area contributed by atoms with Gasteiger partial charge >= 0.3 is 0 Å². The highest BCUT2D eigenvalue weighted by Gasteiger charge is 2.11. The number of rotatable bonds is 9. The van der Waals surface area contributed by atoms with Gasteiger partial charge in [0.1, 0.15) is 5.82 Å². The van der Waals surface area contributed by atoms with Gasteiger partial charge in [0.05, 0.1) is 17.6 Å². The molecule has 0 atom stereocenters. The summed E-state index contributed by atoms with van der Waals surface area (Å²) < 4.78 is 27.2. The van der Waals surface area contributed by atoms with Gasteiger partial charge in [-0.05, 0) is 48.2 Å². The molecule has 0 spiro atoms. The van der Waals surface area contributed by atoms with Gasteiger partial charge in [-0.3, -0.25) is 9.71 Å². The highest BCUT2D eigenvalue weighted by atomic mass is 32.2. The molecule has 0 aliphatic heterocycles. The Bertz CT molecular complexity index is 962. The number of anilines is 2. The monoisotopic (exact) mass is 396 g/mol. The first-order valence-corrected chi connectivity index (χ1v) is 10.8. The Balaban J connectivity index is 1.53. The zero-order chi connectivity index (χ0) is 19.8. The largest absolute Gasteiger partial charge is 0.359 e. The minimum Gasteiger partial charge on any atom is -0.359 e. The van der Waals surface area contributed by atoms with Crippen LogP contribution in [0.4, 0.5) is 11.5 Å². The van der Waals surface area contributed by atoms with Crippen LogP contribution >= 0.6 is 0 Å². The second-order valence-electron chi connectivity index (χ2n) is 6.59. The molecule has 28 heavy (non-hydrogen) atoms. The van der Waals surface area contributed by atoms with Gasteiger partial charge in [0.25, 0.3) is 0 Å². The third kappa shape index (κ3) is 6.06. The second-order valence-corrected chi connectivity index (χ2v) is 8.43. The number of nitrogens with zero attached hydrogens (tertiary/aromatic N) is 3. The molecule has 6 nitrogen and oxygen atoms in total. The van der Waals surface area contributed by atoms with Crippen LogP contribution in [0.1, 0.15) is 11.1 Å². The molecule has 7 heteroatoms. The molecule has 1 aromatic carbocycles. The fourth-order valence-corrected chi connectivity index (χ4v) is 3.85. The zero-order valence-corrected chi connectivity index (χ0v) is 16.6. The third-order valence-electron chi connectivity index (χ3n) is 4.40. The zero-order valence-electron chi connectivity index (χ0n) is 15.8. The predicted octanol–water partition coefficient (Wildman–Crippen LogP) is 3.14. The number of sulfonamides is 1. The van der Waals surface area contributed by atoms with Crippen LogP contribution in [0.15, 0.2) is 73.2 Å². The summed E-state index contributed by atoms with van der Waals surface area (Å²) in [4.78, 5) is 10.4. The van der Waals surface area contributed by atoms with Gasteiger partial charge in [0.2, 0.25) is 10.0 Å². The SMILES string of the molecule is CN(CCc1ccncc1)c1ccc(NS(=O)(=O)CCc2ccccc2)cn1. The van der Waals surface area contributed by atoms with Crippen molar-refractivity contribution in [2.45, 2.75) is 12.8 Å². The van der Waals surface area contributed by atoms with Crippen LogP contribution in [0.3, 0.4) is 0 Å². The Kier molecular flexibility index (Phi) is 6.60. The van der Waals surface area contributed by atoms with E-state index in [1.54, 1.807) is 24.7 Å². The van der Waals surface area contributed by atoms with Crippen LogP contribution in [-0.2, 0) is 22.9 Å². The minimum atomic E-state index is -3.42. The van der Waals surface area contributed by atoms with Gasteiger partial charge in [-0.25, -0.2) is 13.4 Å². The summed E-state index contributed by atoms with van der Waals surface area (Å²) in [6, 6.07) is 17.1. The quantitative estimate of drug-likeness (QED) is 0.601. The Morgan fingerprint density at radius 1 is 0.929 bits per heavy atom. The highest BCUT2D eigenvalue weighted by molar-refractivity contribution is 7.92. The van der Waals surface area contributed by atoms with E-state index in [0.29, 0.717) is 12.1 Å². The number of nitrogens with one attached hydrogen (secondary N) is 1. The topological polar surface area (TPSA) is 75.2 Å². The molecule has 0 saturated carbocycles. The molecule has 0 aliphatic rings. The van der Waals surface area contributed by atoms with Crippen LogP contribution < -0.4 is 9.62 Å². The summed E-state index contributed by atoms with van der Waals surface area (Å²) in [6.07, 6.45) is 6.48. The molecule has 0 fully saturated rings. The number of aryl methyl sites for hydroxylation is 1. The summed E-state index contributed by atoms with van der Waals surface area (Å²) in [5.74, 6) is 0.825. The molecule has 0 saturated heterocycles. The molecule has 0 amide bonds. The number of aromatic nitrogens is 2. The van der Waals surface area contributed by atoms with E-state index < -0.39 is 10.0 Å². The van der Waals surface area contributed by atoms with Gasteiger partial charge in [0, 0.05) is 26.0 Å². The van der Waals surface area contributed by atoms with Crippen molar-refractivity contribution in [3.05, 3.63) is 84.3 Å². The van der Waals surface area contributed by atoms with E-state index in [0.717, 1.165) is 24.3 Å². The maximum absolute atomic E-state index is 12.3. The maximum Gasteiger partial charge on any atom is 0.233 e. The van der Waals surface area contributed by atoms with Crippen molar-refractivity contribution in [1.29, 1.82) is 0 Å². The van der Waals surface area contributed by atoms with Gasteiger partial charge in [-0.15, -0.1) is 0 Å². The molecule has 1 N–H and O–H groups in total. The lowest BCUT2D eigenvalue weighted by Crippen LogP contribution is -2.22. The number of likely N-dealkylation sites (N-methyl/N-ethyl adjacent to an activating group) is 1. The molecule has 0 radical (unpaired) electrons. The predicted molar refractivity (Wildman–Crippen MR) is 113 cm³/mol. The van der Waals surface area contributed by atoms with Crippen LogP contribution in [0, 0.1) is 0 Å². The Morgan fingerprint density at radius 3 is 2.32 bits per heavy atom. The second kappa shape index (κ2) is 9.32. The summed E-state index contributed by atoms with van der Waals surface area (Å²) in [6.45, 7) is 0.805. The van der Waals surface area contributed by atoms with Gasteiger partial charge in [0.15, 0.2) is 0 Å². The van der Waals surface area contributed by atoms with Crippen LogP contribution in [0.2, 0.25) is 0 Å². The molecule has 0 unspecified atom stereocenters. The average molecular weight is 397 g/mol. The molecular formula is C21H24N4O2S. The lowest BCUT2D eigenvalue weighted by molar-refractivity contribution is 0.600. The number of pyridine rings is 2. The Labute approximate surface area is 166 Å². The van der Waals surface area contributed by atoms with Crippen LogP contribution in [0.5, 0.6) is 0 Å². The van der Waals surface area contributed by atoms with Crippen molar-refractivity contribution in [2.75, 3.05) is 29.0 Å². The van der Waals surface area contributed by atoms with Gasteiger partial charge in [-0.1, -0.05) is 30.3 Å². The van der Waals surface area contributed by atoms with Crippen molar-refractivity contribution in [3.63, 3.8) is 0 Å². The first kappa shape index (κ1) is 19.8. The maximum atomic E-state index is 12.3. The molecule has 2 heterocycles. The van der Waals surface area contributed by atoms with Crippen molar-refractivity contribution >= 4 is 21.5 Å². The summed E-state index contributed by atoms with van der Waals surface area (Å²) >= 11 is 0. The van der Waals surface area contributed by atoms with E-state index in [1.807, 2.05) is 60.5 Å². The highest BCUT2D eigenvalue weighted by Crippen LogP contribution is 2.15. The molecule has 0 bridgehead atoms. The molecule has 146 valence electrons. The van der Waals surface area contributed by atoms with Crippen molar-refractivity contribution in [3.8, 4) is 0 Å². The van der Waals surface area contributed by atoms with Crippen LogP contribution in [-0.4, -0.2) is 37.7 Å². The third-order valence-corrected chi connectivity index (χ3v) is 5.69. The van der Waals surface area contributed by atoms with E-state index in [9.17, 15) is 8.42 Å². The van der Waals surface area contributed by atoms with Crippen molar-refractivity contribution in [2.24, 2.45) is 0 Å². The first-order chi connectivity index (χ1) is 13.5. The molecule has 3 aromatic rings. The summed E-state index contributed by atoms with van der Waals surface area (Å²) in [5.41, 5.74) is 2.68. The Morgan fingerprint density at radius 2 is 1.64 bits per heavy atom. The smallest absolute Gasteiger partial charge is 0.233 e. The lowest BCUT2D eigenvalue weighted by Gasteiger charge is -2.18. The van der Waals surface area contributed by atoms with Crippen molar-refractivity contribution in [1.82, 2.24) is 9.97 Å². The van der Waals surface area contributed by atoms with Crippen LogP contribution in [0.25, 0.3) is 0 Å². The summed E-state index contributed by atoms with van der Waals surface area (Å²) in [7, 11) is -1.46. The number of benzene rings is 1. The average Bonchev–Trinajstić information content (AvgIpc) is 2.72. The number of hydrogen-bond acceptors (Lipinski definition) is 5. The van der Waals surface area contributed by atoms with Crippen molar-refractivity contribution < 1.29 is 8.42 Å². The fraction of sp³-hybridized carbons (Fsp3) is 0.238. The van der Waals surface area contributed by atoms with Gasteiger partial charge < -0.3 is 4.90 Å². The van der Waals surface area contributed by atoms with E-state index >= 15 is 0 Å². The van der Waals surface area contributed by atoms with Gasteiger partial charge in [-0.2, -0.15) is 0 Å². The molecular weight excluding hydrogens is 372 g/mol. The first-order valence-electron chi connectivity index (χ1n) is 9.12.